The van der Waals surface area contributed by atoms with E-state index in [9.17, 15) is 14.4 Å². The Hall–Kier alpha value is -2.99. The van der Waals surface area contributed by atoms with Crippen molar-refractivity contribution in [1.82, 2.24) is 9.80 Å². The van der Waals surface area contributed by atoms with Crippen LogP contribution in [0.5, 0.6) is 0 Å². The maximum Gasteiger partial charge on any atom is 0.236 e. The minimum Gasteiger partial charge on any atom is -0.348 e. The number of hydrogen-bond donors (Lipinski definition) is 0. The van der Waals surface area contributed by atoms with Crippen LogP contribution in [0.4, 0.5) is 0 Å². The zero-order valence-corrected chi connectivity index (χ0v) is 21.7. The summed E-state index contributed by atoms with van der Waals surface area (Å²) in [5.74, 6) is -1.87. The highest BCUT2D eigenvalue weighted by atomic mass is 35.5. The normalized spacial score (nSPS) is 18.6. The lowest BCUT2D eigenvalue weighted by Crippen LogP contribution is -2.52. The number of carbonyl (C=O) groups is 3. The van der Waals surface area contributed by atoms with Gasteiger partial charge in [0, 0.05) is 66.1 Å². The second-order valence-corrected chi connectivity index (χ2v) is 10.3. The molecule has 186 valence electrons. The number of halogens is 2. The molecule has 3 aromatic carbocycles. The quantitative estimate of drug-likeness (QED) is 0.385. The van der Waals surface area contributed by atoms with Crippen molar-refractivity contribution in [2.75, 3.05) is 33.7 Å². The van der Waals surface area contributed by atoms with E-state index in [0.717, 1.165) is 5.56 Å². The molecule has 1 saturated heterocycles. The molecule has 0 N–H and O–H groups in total. The van der Waals surface area contributed by atoms with Gasteiger partial charge in [0.15, 0.2) is 11.6 Å². The lowest BCUT2D eigenvalue weighted by Gasteiger charge is -2.43. The molecule has 0 aromatic heterocycles. The molecule has 5 nitrogen and oxygen atoms in total. The predicted octanol–water partition coefficient (Wildman–Crippen LogP) is 5.48. The van der Waals surface area contributed by atoms with Gasteiger partial charge in [-0.15, -0.1) is 0 Å². The Labute approximate surface area is 221 Å². The number of carbonyl (C=O) groups excluding carboxylic acids is 3. The topological polar surface area (TPSA) is 57.7 Å². The molecule has 1 fully saturated rings. The SMILES string of the molecule is CN(C)C(=O)CN1C[C@H](C(=O)c2ccccc2)C(c2cc(Cl)cc(Cl)c2)[C@@H](C(=O)c2ccccc2)C1. The fourth-order valence-corrected chi connectivity index (χ4v) is 5.50. The summed E-state index contributed by atoms with van der Waals surface area (Å²) >= 11 is 12.8. The predicted molar refractivity (Wildman–Crippen MR) is 143 cm³/mol. The number of Topliss-reactive ketones (excluding diaryl/α,β-unsaturated/α-hetero) is 2. The third-order valence-electron chi connectivity index (χ3n) is 6.69. The van der Waals surface area contributed by atoms with Crippen LogP contribution in [0.25, 0.3) is 0 Å². The monoisotopic (exact) mass is 522 g/mol. The molecule has 1 heterocycles. The fourth-order valence-electron chi connectivity index (χ4n) is 4.96. The number of ketones is 2. The van der Waals surface area contributed by atoms with Gasteiger partial charge in [0.2, 0.25) is 5.91 Å². The van der Waals surface area contributed by atoms with Crippen molar-refractivity contribution in [3.8, 4) is 0 Å². The van der Waals surface area contributed by atoms with E-state index in [-0.39, 0.29) is 24.0 Å². The van der Waals surface area contributed by atoms with Crippen molar-refractivity contribution in [2.24, 2.45) is 11.8 Å². The molecule has 2 atom stereocenters. The highest BCUT2D eigenvalue weighted by molar-refractivity contribution is 6.34. The molecule has 1 aliphatic heterocycles. The molecular weight excluding hydrogens is 495 g/mol. The summed E-state index contributed by atoms with van der Waals surface area (Å²) in [6.07, 6.45) is 0. The summed E-state index contributed by atoms with van der Waals surface area (Å²) in [6.45, 7) is 0.786. The van der Waals surface area contributed by atoms with Crippen molar-refractivity contribution in [1.29, 1.82) is 0 Å². The number of piperidine rings is 1. The van der Waals surface area contributed by atoms with Crippen molar-refractivity contribution in [3.05, 3.63) is 106 Å². The van der Waals surface area contributed by atoms with E-state index in [1.54, 1.807) is 56.6 Å². The molecule has 0 spiro atoms. The van der Waals surface area contributed by atoms with Crippen LogP contribution in [0, 0.1) is 11.8 Å². The number of likely N-dealkylation sites (tertiary alicyclic amines) is 1. The van der Waals surface area contributed by atoms with Gasteiger partial charge in [-0.3, -0.25) is 19.3 Å². The highest BCUT2D eigenvalue weighted by Gasteiger charge is 2.45. The standard InChI is InChI=1S/C29H28Cl2N2O3/c1-32(2)26(34)18-33-16-24(28(35)19-9-5-3-6-10-19)27(21-13-22(30)15-23(31)14-21)25(17-33)29(36)20-11-7-4-8-12-20/h3-15,24-25,27H,16-18H2,1-2H3/t24-,25-/m0/s1. The summed E-state index contributed by atoms with van der Waals surface area (Å²) in [7, 11) is 3.39. The zero-order valence-electron chi connectivity index (χ0n) is 20.2. The van der Waals surface area contributed by atoms with Crippen molar-refractivity contribution >= 4 is 40.7 Å². The van der Waals surface area contributed by atoms with Crippen LogP contribution in [0.1, 0.15) is 32.2 Å². The third-order valence-corrected chi connectivity index (χ3v) is 7.13. The molecular formula is C29H28Cl2N2O3. The lowest BCUT2D eigenvalue weighted by molar-refractivity contribution is -0.130. The Kier molecular flexibility index (Phi) is 8.24. The Morgan fingerprint density at radius 3 is 1.64 bits per heavy atom. The summed E-state index contributed by atoms with van der Waals surface area (Å²) in [4.78, 5) is 43.9. The molecule has 0 aliphatic carbocycles. The number of amides is 1. The second kappa shape index (κ2) is 11.4. The van der Waals surface area contributed by atoms with Gasteiger partial charge < -0.3 is 4.90 Å². The van der Waals surface area contributed by atoms with E-state index in [2.05, 4.69) is 0 Å². The zero-order chi connectivity index (χ0) is 25.8. The number of nitrogens with zero attached hydrogens (tertiary/aromatic N) is 2. The van der Waals surface area contributed by atoms with Crippen LogP contribution in [-0.4, -0.2) is 61.0 Å². The molecule has 0 unspecified atom stereocenters. The Morgan fingerprint density at radius 1 is 0.778 bits per heavy atom. The van der Waals surface area contributed by atoms with Gasteiger partial charge in [0.05, 0.1) is 6.54 Å². The maximum absolute atomic E-state index is 13.9. The van der Waals surface area contributed by atoms with Gasteiger partial charge in [0.25, 0.3) is 0 Å². The van der Waals surface area contributed by atoms with Crippen molar-refractivity contribution in [3.63, 3.8) is 0 Å². The fraction of sp³-hybridized carbons (Fsp3) is 0.276. The van der Waals surface area contributed by atoms with E-state index in [1.807, 2.05) is 41.3 Å². The van der Waals surface area contributed by atoms with Crippen molar-refractivity contribution < 1.29 is 14.4 Å². The van der Waals surface area contributed by atoms with E-state index < -0.39 is 17.8 Å². The first-order chi connectivity index (χ1) is 17.2. The van der Waals surface area contributed by atoms with E-state index in [4.69, 9.17) is 23.2 Å². The average Bonchev–Trinajstić information content (AvgIpc) is 2.87. The van der Waals surface area contributed by atoms with Crippen LogP contribution >= 0.6 is 23.2 Å². The Morgan fingerprint density at radius 2 is 1.22 bits per heavy atom. The van der Waals surface area contributed by atoms with E-state index in [0.29, 0.717) is 34.3 Å². The summed E-state index contributed by atoms with van der Waals surface area (Å²) in [5, 5.41) is 0.888. The molecule has 0 bridgehead atoms. The third kappa shape index (κ3) is 5.86. The van der Waals surface area contributed by atoms with E-state index >= 15 is 0 Å². The number of likely N-dealkylation sites (N-methyl/N-ethyl adjacent to an activating group) is 1. The van der Waals surface area contributed by atoms with Crippen LogP contribution in [-0.2, 0) is 4.79 Å². The number of hydrogen-bond acceptors (Lipinski definition) is 4. The minimum absolute atomic E-state index is 0.0791. The second-order valence-electron chi connectivity index (χ2n) is 9.38. The van der Waals surface area contributed by atoms with Gasteiger partial charge in [-0.05, 0) is 23.8 Å². The molecule has 4 rings (SSSR count). The Balaban J connectivity index is 1.83. The summed E-state index contributed by atoms with van der Waals surface area (Å²) < 4.78 is 0. The van der Waals surface area contributed by atoms with Crippen LogP contribution in [0.15, 0.2) is 78.9 Å². The van der Waals surface area contributed by atoms with Crippen LogP contribution in [0.2, 0.25) is 10.0 Å². The molecule has 1 amide bonds. The molecule has 0 saturated carbocycles. The molecule has 1 aliphatic rings. The largest absolute Gasteiger partial charge is 0.348 e. The molecule has 36 heavy (non-hydrogen) atoms. The minimum atomic E-state index is -0.580. The van der Waals surface area contributed by atoms with Gasteiger partial charge in [-0.2, -0.15) is 0 Å². The maximum atomic E-state index is 13.9. The smallest absolute Gasteiger partial charge is 0.236 e. The summed E-state index contributed by atoms with van der Waals surface area (Å²) in [5.41, 5.74) is 1.87. The molecule has 3 aromatic rings. The first-order valence-electron chi connectivity index (χ1n) is 11.8. The Bertz CT molecular complexity index is 1170. The van der Waals surface area contributed by atoms with Crippen LogP contribution in [0.3, 0.4) is 0 Å². The average molecular weight is 523 g/mol. The lowest BCUT2D eigenvalue weighted by atomic mass is 9.68. The van der Waals surface area contributed by atoms with Crippen molar-refractivity contribution in [2.45, 2.75) is 5.92 Å². The molecule has 7 heteroatoms. The van der Waals surface area contributed by atoms with Crippen LogP contribution < -0.4 is 0 Å². The van der Waals surface area contributed by atoms with E-state index in [1.165, 1.54) is 4.90 Å². The number of rotatable bonds is 7. The van der Waals surface area contributed by atoms with Gasteiger partial charge >= 0.3 is 0 Å². The molecule has 0 radical (unpaired) electrons. The van der Waals surface area contributed by atoms with Gasteiger partial charge in [0.1, 0.15) is 0 Å². The first kappa shape index (κ1) is 26.1. The van der Waals surface area contributed by atoms with Gasteiger partial charge in [-0.25, -0.2) is 0 Å². The highest BCUT2D eigenvalue weighted by Crippen LogP contribution is 2.42. The number of benzene rings is 3. The van der Waals surface area contributed by atoms with Gasteiger partial charge in [-0.1, -0.05) is 83.9 Å². The first-order valence-corrected chi connectivity index (χ1v) is 12.6. The summed E-state index contributed by atoms with van der Waals surface area (Å²) in [6, 6.07) is 23.3.